The summed E-state index contributed by atoms with van der Waals surface area (Å²) in [6.45, 7) is 0. The number of thiazole rings is 1. The summed E-state index contributed by atoms with van der Waals surface area (Å²) in [4.78, 5) is 29.1. The molecule has 0 unspecified atom stereocenters. The van der Waals surface area contributed by atoms with Gasteiger partial charge in [-0.1, -0.05) is 43.2 Å². The number of hydrogen-bond donors (Lipinski definition) is 2. The SMILES string of the molecule is O=C(CSc1nc2ccc(NC(=O)C3CCCCC3)cc2s1)Nc1ccccc1F. The fraction of sp³-hybridized carbons (Fsp3) is 0.318. The summed E-state index contributed by atoms with van der Waals surface area (Å²) in [6, 6.07) is 11.8. The molecular weight excluding hydrogens is 421 g/mol. The van der Waals surface area contributed by atoms with Gasteiger partial charge in [0.2, 0.25) is 11.8 Å². The smallest absolute Gasteiger partial charge is 0.234 e. The van der Waals surface area contributed by atoms with Crippen LogP contribution in [0.3, 0.4) is 0 Å². The number of carbonyl (C=O) groups excluding carboxylic acids is 2. The predicted molar refractivity (Wildman–Crippen MR) is 121 cm³/mol. The van der Waals surface area contributed by atoms with Crippen LogP contribution in [0.25, 0.3) is 10.2 Å². The topological polar surface area (TPSA) is 71.1 Å². The maximum absolute atomic E-state index is 13.6. The summed E-state index contributed by atoms with van der Waals surface area (Å²) >= 11 is 2.78. The molecule has 2 aromatic carbocycles. The summed E-state index contributed by atoms with van der Waals surface area (Å²) in [5, 5.41) is 5.60. The first kappa shape index (κ1) is 20.8. The number of anilines is 2. The van der Waals surface area contributed by atoms with Gasteiger partial charge in [0.15, 0.2) is 4.34 Å². The molecule has 2 amide bonds. The summed E-state index contributed by atoms with van der Waals surface area (Å²) < 4.78 is 15.3. The number of nitrogens with zero attached hydrogens (tertiary/aromatic N) is 1. The van der Waals surface area contributed by atoms with Crippen molar-refractivity contribution in [2.24, 2.45) is 5.92 Å². The lowest BCUT2D eigenvalue weighted by atomic mass is 9.88. The summed E-state index contributed by atoms with van der Waals surface area (Å²) in [5.41, 5.74) is 1.77. The van der Waals surface area contributed by atoms with E-state index in [9.17, 15) is 14.0 Å². The molecule has 156 valence electrons. The molecule has 4 rings (SSSR count). The molecular formula is C22H22FN3O2S2. The fourth-order valence-electron chi connectivity index (χ4n) is 3.53. The summed E-state index contributed by atoms with van der Waals surface area (Å²) in [6.07, 6.45) is 5.39. The molecule has 0 bridgehead atoms. The maximum atomic E-state index is 13.6. The zero-order valence-corrected chi connectivity index (χ0v) is 18.0. The molecule has 2 N–H and O–H groups in total. The molecule has 3 aromatic rings. The van der Waals surface area contributed by atoms with E-state index in [0.717, 1.165) is 45.9 Å². The second kappa shape index (κ2) is 9.57. The van der Waals surface area contributed by atoms with Crippen LogP contribution in [0.4, 0.5) is 15.8 Å². The van der Waals surface area contributed by atoms with Gasteiger partial charge in [-0.25, -0.2) is 9.37 Å². The molecule has 1 saturated carbocycles. The van der Waals surface area contributed by atoms with Gasteiger partial charge in [-0.3, -0.25) is 9.59 Å². The Balaban J connectivity index is 1.35. The van der Waals surface area contributed by atoms with E-state index in [2.05, 4.69) is 15.6 Å². The number of nitrogens with one attached hydrogen (secondary N) is 2. The monoisotopic (exact) mass is 443 g/mol. The van der Waals surface area contributed by atoms with Gasteiger partial charge in [0.05, 0.1) is 21.7 Å². The van der Waals surface area contributed by atoms with Gasteiger partial charge in [-0.2, -0.15) is 0 Å². The number of amides is 2. The third-order valence-corrected chi connectivity index (χ3v) is 7.25. The Morgan fingerprint density at radius 1 is 1.10 bits per heavy atom. The van der Waals surface area contributed by atoms with E-state index in [1.165, 1.54) is 41.7 Å². The van der Waals surface area contributed by atoms with Crippen LogP contribution in [-0.2, 0) is 9.59 Å². The molecule has 5 nitrogen and oxygen atoms in total. The Kier molecular flexibility index (Phi) is 6.64. The second-order valence-corrected chi connectivity index (χ2v) is 9.56. The molecule has 1 aliphatic carbocycles. The number of halogens is 1. The highest BCUT2D eigenvalue weighted by Crippen LogP contribution is 2.32. The van der Waals surface area contributed by atoms with Crippen molar-refractivity contribution < 1.29 is 14.0 Å². The van der Waals surface area contributed by atoms with Crippen molar-refractivity contribution in [1.82, 2.24) is 4.98 Å². The minimum Gasteiger partial charge on any atom is -0.326 e. The van der Waals surface area contributed by atoms with Gasteiger partial charge in [0.1, 0.15) is 5.82 Å². The standard InChI is InChI=1S/C22H22FN3O2S2/c23-16-8-4-5-9-17(16)25-20(27)13-29-22-26-18-11-10-15(12-19(18)30-22)24-21(28)14-6-2-1-3-7-14/h4-5,8-12,14H,1-3,6-7,13H2,(H,24,28)(H,25,27). The molecule has 0 spiro atoms. The van der Waals surface area contributed by atoms with Crippen molar-refractivity contribution in [3.05, 3.63) is 48.3 Å². The van der Waals surface area contributed by atoms with Gasteiger partial charge in [-0.15, -0.1) is 11.3 Å². The molecule has 1 aliphatic rings. The maximum Gasteiger partial charge on any atom is 0.234 e. The number of aromatic nitrogens is 1. The molecule has 1 aromatic heterocycles. The lowest BCUT2D eigenvalue weighted by molar-refractivity contribution is -0.120. The largest absolute Gasteiger partial charge is 0.326 e. The number of para-hydroxylation sites is 1. The summed E-state index contributed by atoms with van der Waals surface area (Å²) in [7, 11) is 0. The van der Waals surface area contributed by atoms with Gasteiger partial charge in [0.25, 0.3) is 0 Å². The second-order valence-electron chi connectivity index (χ2n) is 7.30. The number of rotatable bonds is 6. The van der Waals surface area contributed by atoms with E-state index in [1.807, 2.05) is 18.2 Å². The van der Waals surface area contributed by atoms with Gasteiger partial charge in [-0.05, 0) is 43.2 Å². The number of benzene rings is 2. The van der Waals surface area contributed by atoms with Crippen LogP contribution in [-0.4, -0.2) is 22.6 Å². The highest BCUT2D eigenvalue weighted by molar-refractivity contribution is 8.01. The van der Waals surface area contributed by atoms with Crippen molar-refractivity contribution in [1.29, 1.82) is 0 Å². The first-order chi connectivity index (χ1) is 14.6. The zero-order valence-electron chi connectivity index (χ0n) is 16.3. The van der Waals surface area contributed by atoms with Crippen LogP contribution in [0.5, 0.6) is 0 Å². The molecule has 1 heterocycles. The number of fused-ring (bicyclic) bond motifs is 1. The minimum atomic E-state index is -0.460. The van der Waals surface area contributed by atoms with E-state index in [-0.39, 0.29) is 29.2 Å². The van der Waals surface area contributed by atoms with Crippen molar-refractivity contribution in [2.75, 3.05) is 16.4 Å². The van der Waals surface area contributed by atoms with Crippen LogP contribution in [0.15, 0.2) is 46.8 Å². The third-order valence-electron chi connectivity index (χ3n) is 5.09. The quantitative estimate of drug-likeness (QED) is 0.481. The Morgan fingerprint density at radius 2 is 1.90 bits per heavy atom. The van der Waals surface area contributed by atoms with Crippen LogP contribution in [0, 0.1) is 11.7 Å². The van der Waals surface area contributed by atoms with Crippen molar-refractivity contribution in [3.8, 4) is 0 Å². The zero-order chi connectivity index (χ0) is 20.9. The predicted octanol–water partition coefficient (Wildman–Crippen LogP) is 5.69. The van der Waals surface area contributed by atoms with Gasteiger partial charge in [0, 0.05) is 11.6 Å². The average molecular weight is 444 g/mol. The van der Waals surface area contributed by atoms with Gasteiger partial charge < -0.3 is 10.6 Å². The first-order valence-corrected chi connectivity index (χ1v) is 11.8. The minimum absolute atomic E-state index is 0.0954. The van der Waals surface area contributed by atoms with E-state index in [1.54, 1.807) is 12.1 Å². The molecule has 30 heavy (non-hydrogen) atoms. The molecule has 0 atom stereocenters. The van der Waals surface area contributed by atoms with Crippen LogP contribution in [0.1, 0.15) is 32.1 Å². The van der Waals surface area contributed by atoms with E-state index >= 15 is 0 Å². The highest BCUT2D eigenvalue weighted by Gasteiger charge is 2.21. The molecule has 0 saturated heterocycles. The average Bonchev–Trinajstić information content (AvgIpc) is 3.17. The van der Waals surface area contributed by atoms with Crippen LogP contribution >= 0.6 is 23.1 Å². The molecule has 0 radical (unpaired) electrons. The van der Waals surface area contributed by atoms with Crippen molar-refractivity contribution in [3.63, 3.8) is 0 Å². The van der Waals surface area contributed by atoms with Crippen LogP contribution < -0.4 is 10.6 Å². The van der Waals surface area contributed by atoms with Crippen molar-refractivity contribution >= 4 is 56.5 Å². The normalized spacial score (nSPS) is 14.6. The van der Waals surface area contributed by atoms with Gasteiger partial charge >= 0.3 is 0 Å². The molecule has 0 aliphatic heterocycles. The van der Waals surface area contributed by atoms with E-state index in [0.29, 0.717) is 0 Å². The Bertz CT molecular complexity index is 1060. The molecule has 8 heteroatoms. The Morgan fingerprint density at radius 3 is 2.70 bits per heavy atom. The number of thioether (sulfide) groups is 1. The summed E-state index contributed by atoms with van der Waals surface area (Å²) in [5.74, 6) is -0.407. The highest BCUT2D eigenvalue weighted by atomic mass is 32.2. The molecule has 1 fully saturated rings. The van der Waals surface area contributed by atoms with Crippen molar-refractivity contribution in [2.45, 2.75) is 36.4 Å². The number of hydrogen-bond acceptors (Lipinski definition) is 5. The lowest BCUT2D eigenvalue weighted by Gasteiger charge is -2.20. The van der Waals surface area contributed by atoms with E-state index in [4.69, 9.17) is 0 Å². The fourth-order valence-corrected chi connectivity index (χ4v) is 5.44. The first-order valence-electron chi connectivity index (χ1n) is 9.97. The Labute approximate surface area is 182 Å². The van der Waals surface area contributed by atoms with Crippen LogP contribution in [0.2, 0.25) is 0 Å². The van der Waals surface area contributed by atoms with E-state index < -0.39 is 5.82 Å². The lowest BCUT2D eigenvalue weighted by Crippen LogP contribution is -2.24. The third kappa shape index (κ3) is 5.17. The Hall–Kier alpha value is -2.45. The number of carbonyl (C=O) groups is 2.